The number of carbonyl (C=O) groups is 1. The van der Waals surface area contributed by atoms with Gasteiger partial charge in [0.25, 0.3) is 0 Å². The maximum absolute atomic E-state index is 11.9. The zero-order valence-corrected chi connectivity index (χ0v) is 11.4. The van der Waals surface area contributed by atoms with Gasteiger partial charge in [-0.05, 0) is 32.7 Å². The van der Waals surface area contributed by atoms with E-state index in [4.69, 9.17) is 4.74 Å². The molecule has 1 aliphatic carbocycles. The highest BCUT2D eigenvalue weighted by Crippen LogP contribution is 2.20. The Balaban J connectivity index is 1.56. The fraction of sp³-hybridized carbons (Fsp3) is 0.929. The van der Waals surface area contributed by atoms with E-state index in [-0.39, 0.29) is 11.8 Å². The van der Waals surface area contributed by atoms with E-state index in [2.05, 4.69) is 17.6 Å². The van der Waals surface area contributed by atoms with Crippen LogP contribution in [-0.2, 0) is 9.53 Å². The van der Waals surface area contributed by atoms with Crippen molar-refractivity contribution in [1.29, 1.82) is 0 Å². The van der Waals surface area contributed by atoms with Crippen LogP contribution < -0.4 is 10.6 Å². The Morgan fingerprint density at radius 3 is 2.72 bits per heavy atom. The summed E-state index contributed by atoms with van der Waals surface area (Å²) in [7, 11) is 0. The summed E-state index contributed by atoms with van der Waals surface area (Å²) < 4.78 is 5.79. The molecule has 1 aliphatic heterocycles. The van der Waals surface area contributed by atoms with Crippen LogP contribution in [0, 0.1) is 5.92 Å². The van der Waals surface area contributed by atoms with E-state index < -0.39 is 0 Å². The lowest BCUT2D eigenvalue weighted by Crippen LogP contribution is -2.38. The molecular formula is C14H26N2O2. The maximum Gasteiger partial charge on any atom is 0.224 e. The van der Waals surface area contributed by atoms with Gasteiger partial charge in [-0.15, -0.1) is 0 Å². The number of rotatable bonds is 5. The maximum atomic E-state index is 11.9. The average molecular weight is 254 g/mol. The van der Waals surface area contributed by atoms with Gasteiger partial charge in [0, 0.05) is 12.6 Å². The minimum atomic E-state index is 0.139. The highest BCUT2D eigenvalue weighted by Gasteiger charge is 2.28. The molecule has 2 rings (SSSR count). The summed E-state index contributed by atoms with van der Waals surface area (Å²) in [6.07, 6.45) is 7.71. The predicted octanol–water partition coefficient (Wildman–Crippen LogP) is 1.45. The van der Waals surface area contributed by atoms with Gasteiger partial charge >= 0.3 is 0 Å². The second kappa shape index (κ2) is 7.10. The Morgan fingerprint density at radius 1 is 1.28 bits per heavy atom. The third kappa shape index (κ3) is 3.95. The largest absolute Gasteiger partial charge is 0.376 e. The van der Waals surface area contributed by atoms with Crippen molar-refractivity contribution >= 4 is 5.91 Å². The number of ether oxygens (including phenoxy) is 1. The number of hydrogen-bond donors (Lipinski definition) is 2. The highest BCUT2D eigenvalue weighted by atomic mass is 16.5. The van der Waals surface area contributed by atoms with Gasteiger partial charge in [-0.25, -0.2) is 0 Å². The number of carbonyl (C=O) groups excluding carboxylic acids is 1. The van der Waals surface area contributed by atoms with E-state index in [0.717, 1.165) is 13.0 Å². The Kier molecular flexibility index (Phi) is 5.45. The zero-order valence-electron chi connectivity index (χ0n) is 11.4. The van der Waals surface area contributed by atoms with E-state index >= 15 is 0 Å². The lowest BCUT2D eigenvalue weighted by atomic mass is 9.98. The molecular weight excluding hydrogens is 228 g/mol. The molecule has 1 amide bonds. The van der Waals surface area contributed by atoms with Crippen LogP contribution in [0.15, 0.2) is 0 Å². The van der Waals surface area contributed by atoms with Crippen LogP contribution in [0.5, 0.6) is 0 Å². The first-order chi connectivity index (χ1) is 8.77. The fourth-order valence-electron chi connectivity index (χ4n) is 2.98. The van der Waals surface area contributed by atoms with Crippen LogP contribution in [0.4, 0.5) is 0 Å². The summed E-state index contributed by atoms with van der Waals surface area (Å²) in [5.74, 6) is 0.319. The first kappa shape index (κ1) is 13.8. The number of hydrogen-bond acceptors (Lipinski definition) is 3. The summed E-state index contributed by atoms with van der Waals surface area (Å²) in [6.45, 7) is 4.34. The second-order valence-electron chi connectivity index (χ2n) is 5.56. The van der Waals surface area contributed by atoms with Crippen LogP contribution in [0.1, 0.15) is 45.4 Å². The van der Waals surface area contributed by atoms with Crippen molar-refractivity contribution in [2.75, 3.05) is 19.7 Å². The Labute approximate surface area is 110 Å². The summed E-state index contributed by atoms with van der Waals surface area (Å²) in [4.78, 5) is 11.9. The summed E-state index contributed by atoms with van der Waals surface area (Å²) in [5.41, 5.74) is 0. The zero-order chi connectivity index (χ0) is 12.8. The van der Waals surface area contributed by atoms with Crippen LogP contribution in [0.25, 0.3) is 0 Å². The highest BCUT2D eigenvalue weighted by molar-refractivity contribution is 5.79. The van der Waals surface area contributed by atoms with Crippen LogP contribution >= 0.6 is 0 Å². The van der Waals surface area contributed by atoms with Gasteiger partial charge in [-0.1, -0.05) is 19.3 Å². The first-order valence-electron chi connectivity index (χ1n) is 7.40. The molecule has 1 saturated heterocycles. The molecule has 0 aromatic rings. The number of amides is 1. The van der Waals surface area contributed by atoms with Crippen molar-refractivity contribution in [1.82, 2.24) is 10.6 Å². The van der Waals surface area contributed by atoms with Gasteiger partial charge < -0.3 is 15.4 Å². The molecule has 0 spiro atoms. The normalized spacial score (nSPS) is 29.4. The van der Waals surface area contributed by atoms with Gasteiger partial charge in [0.15, 0.2) is 0 Å². The minimum Gasteiger partial charge on any atom is -0.376 e. The van der Waals surface area contributed by atoms with Gasteiger partial charge in [-0.2, -0.15) is 0 Å². The van der Waals surface area contributed by atoms with Crippen LogP contribution in [-0.4, -0.2) is 37.7 Å². The summed E-state index contributed by atoms with van der Waals surface area (Å²) >= 11 is 0. The van der Waals surface area contributed by atoms with Crippen LogP contribution in [0.2, 0.25) is 0 Å². The molecule has 104 valence electrons. The second-order valence-corrected chi connectivity index (χ2v) is 5.56. The van der Waals surface area contributed by atoms with Gasteiger partial charge in [0.05, 0.1) is 18.6 Å². The lowest BCUT2D eigenvalue weighted by Gasteiger charge is -2.22. The molecule has 18 heavy (non-hydrogen) atoms. The summed E-state index contributed by atoms with van der Waals surface area (Å²) in [6, 6.07) is 0.310. The Hall–Kier alpha value is -0.610. The molecule has 4 nitrogen and oxygen atoms in total. The van der Waals surface area contributed by atoms with Gasteiger partial charge in [0.1, 0.15) is 0 Å². The monoisotopic (exact) mass is 254 g/mol. The molecule has 2 N–H and O–H groups in total. The van der Waals surface area contributed by atoms with E-state index in [1.165, 1.54) is 32.1 Å². The van der Waals surface area contributed by atoms with Crippen molar-refractivity contribution in [2.24, 2.45) is 5.92 Å². The predicted molar refractivity (Wildman–Crippen MR) is 71.4 cm³/mol. The van der Waals surface area contributed by atoms with Gasteiger partial charge in [0.2, 0.25) is 5.91 Å². The molecule has 0 radical (unpaired) electrons. The van der Waals surface area contributed by atoms with E-state index in [1.807, 2.05) is 0 Å². The molecule has 2 unspecified atom stereocenters. The van der Waals surface area contributed by atoms with E-state index in [9.17, 15) is 4.79 Å². The quantitative estimate of drug-likeness (QED) is 0.730. The van der Waals surface area contributed by atoms with Crippen molar-refractivity contribution in [2.45, 2.75) is 57.6 Å². The van der Waals surface area contributed by atoms with Crippen molar-refractivity contribution in [3.8, 4) is 0 Å². The first-order valence-corrected chi connectivity index (χ1v) is 7.40. The fourth-order valence-corrected chi connectivity index (χ4v) is 2.98. The lowest BCUT2D eigenvalue weighted by molar-refractivity contribution is -0.125. The molecule has 2 fully saturated rings. The standard InChI is InChI=1S/C14H26N2O2/c1-11-13(7-8-15-11)14(17)16-9-10-18-12-5-3-2-4-6-12/h11-13,15H,2-10H2,1H3,(H,16,17). The average Bonchev–Trinajstić information content (AvgIpc) is 2.82. The smallest absolute Gasteiger partial charge is 0.224 e. The van der Waals surface area contributed by atoms with E-state index in [1.54, 1.807) is 0 Å². The van der Waals surface area contributed by atoms with Crippen molar-refractivity contribution in [3.05, 3.63) is 0 Å². The third-order valence-corrected chi connectivity index (χ3v) is 4.17. The molecule has 2 aliphatic rings. The molecule has 1 heterocycles. The van der Waals surface area contributed by atoms with Crippen molar-refractivity contribution < 1.29 is 9.53 Å². The van der Waals surface area contributed by atoms with E-state index in [0.29, 0.717) is 25.3 Å². The topological polar surface area (TPSA) is 50.4 Å². The molecule has 0 aromatic carbocycles. The molecule has 4 heteroatoms. The molecule has 1 saturated carbocycles. The number of nitrogens with one attached hydrogen (secondary N) is 2. The summed E-state index contributed by atoms with van der Waals surface area (Å²) in [5, 5.41) is 6.29. The SMILES string of the molecule is CC1NCCC1C(=O)NCCOC1CCCCC1. The molecule has 0 aromatic heterocycles. The third-order valence-electron chi connectivity index (χ3n) is 4.17. The van der Waals surface area contributed by atoms with Crippen molar-refractivity contribution in [3.63, 3.8) is 0 Å². The molecule has 0 bridgehead atoms. The van der Waals surface area contributed by atoms with Gasteiger partial charge in [-0.3, -0.25) is 4.79 Å². The minimum absolute atomic E-state index is 0.139. The Bertz CT molecular complexity index is 265. The Morgan fingerprint density at radius 2 is 2.06 bits per heavy atom. The molecule has 2 atom stereocenters. The van der Waals surface area contributed by atoms with Crippen LogP contribution in [0.3, 0.4) is 0 Å².